The second kappa shape index (κ2) is 9.80. The first kappa shape index (κ1) is 20.5. The quantitative estimate of drug-likeness (QED) is 0.802. The number of hydrogen-bond donors (Lipinski definition) is 1. The Bertz CT molecular complexity index is 684. The Morgan fingerprint density at radius 1 is 1.04 bits per heavy atom. The fourth-order valence-corrected chi connectivity index (χ4v) is 2.64. The third kappa shape index (κ3) is 6.16. The Hall–Kier alpha value is -2.77. The molecule has 1 N–H and O–H groups in total. The number of carbonyl (C=O) groups is 3. The fourth-order valence-electron chi connectivity index (χ4n) is 2.64. The number of nitrogens with zero attached hydrogens (tertiary/aromatic N) is 2. The number of rotatable bonds is 6. The summed E-state index contributed by atoms with van der Waals surface area (Å²) in [6.45, 7) is 7.52. The number of hydrogen-bond acceptors (Lipinski definition) is 5. The first-order valence-electron chi connectivity index (χ1n) is 9.07. The van der Waals surface area contributed by atoms with Gasteiger partial charge < -0.3 is 24.6 Å². The van der Waals surface area contributed by atoms with Crippen molar-refractivity contribution >= 4 is 17.9 Å². The maximum absolute atomic E-state index is 12.2. The lowest BCUT2D eigenvalue weighted by Gasteiger charge is -2.34. The van der Waals surface area contributed by atoms with Crippen molar-refractivity contribution in [1.29, 1.82) is 0 Å². The topological polar surface area (TPSA) is 88.2 Å². The summed E-state index contributed by atoms with van der Waals surface area (Å²) in [6.07, 6.45) is -0.360. The Labute approximate surface area is 159 Å². The molecule has 1 aliphatic heterocycles. The second-order valence-corrected chi connectivity index (χ2v) is 6.38. The molecular weight excluding hydrogens is 350 g/mol. The van der Waals surface area contributed by atoms with Gasteiger partial charge in [0.25, 0.3) is 5.91 Å². The molecule has 8 heteroatoms. The number of carbonyl (C=O) groups excluding carboxylic acids is 3. The van der Waals surface area contributed by atoms with Gasteiger partial charge in [-0.15, -0.1) is 0 Å². The molecule has 1 aromatic rings. The molecule has 3 amide bonds. The van der Waals surface area contributed by atoms with Crippen LogP contribution < -0.4 is 10.1 Å². The van der Waals surface area contributed by atoms with Gasteiger partial charge in [0.1, 0.15) is 5.75 Å². The van der Waals surface area contributed by atoms with E-state index in [1.807, 2.05) is 32.0 Å². The van der Waals surface area contributed by atoms with Crippen LogP contribution in [0.1, 0.15) is 18.1 Å². The van der Waals surface area contributed by atoms with E-state index in [0.29, 0.717) is 38.5 Å². The van der Waals surface area contributed by atoms with Gasteiger partial charge in [-0.2, -0.15) is 0 Å². The fraction of sp³-hybridized carbons (Fsp3) is 0.526. The van der Waals surface area contributed by atoms with Gasteiger partial charge >= 0.3 is 6.09 Å². The van der Waals surface area contributed by atoms with Crippen LogP contribution >= 0.6 is 0 Å². The summed E-state index contributed by atoms with van der Waals surface area (Å²) in [4.78, 5) is 38.9. The molecule has 0 spiro atoms. The zero-order valence-electron chi connectivity index (χ0n) is 16.1. The number of aryl methyl sites for hydroxylation is 2. The SMILES string of the molecule is CCOC(=O)N1CCN(C(=O)CNC(=O)COc2ccc(C)c(C)c2)CC1. The molecule has 148 valence electrons. The molecule has 1 aromatic carbocycles. The maximum atomic E-state index is 12.2. The van der Waals surface area contributed by atoms with E-state index in [-0.39, 0.29) is 31.1 Å². The van der Waals surface area contributed by atoms with Crippen LogP contribution in [0, 0.1) is 13.8 Å². The van der Waals surface area contributed by atoms with E-state index in [1.165, 1.54) is 0 Å². The first-order chi connectivity index (χ1) is 12.9. The van der Waals surface area contributed by atoms with E-state index in [9.17, 15) is 14.4 Å². The predicted molar refractivity (Wildman–Crippen MR) is 99.6 cm³/mol. The minimum Gasteiger partial charge on any atom is -0.484 e. The van der Waals surface area contributed by atoms with Crippen LogP contribution in [0.4, 0.5) is 4.79 Å². The molecule has 0 aromatic heterocycles. The van der Waals surface area contributed by atoms with Crippen LogP contribution in [0.2, 0.25) is 0 Å². The van der Waals surface area contributed by atoms with Crippen LogP contribution in [0.3, 0.4) is 0 Å². The third-order valence-electron chi connectivity index (χ3n) is 4.44. The summed E-state index contributed by atoms with van der Waals surface area (Å²) in [5.74, 6) is 0.0828. The summed E-state index contributed by atoms with van der Waals surface area (Å²) >= 11 is 0. The van der Waals surface area contributed by atoms with Gasteiger partial charge in [0.2, 0.25) is 5.91 Å². The van der Waals surface area contributed by atoms with E-state index in [4.69, 9.17) is 9.47 Å². The van der Waals surface area contributed by atoms with E-state index < -0.39 is 0 Å². The molecule has 1 saturated heterocycles. The van der Waals surface area contributed by atoms with E-state index in [1.54, 1.807) is 16.7 Å². The van der Waals surface area contributed by atoms with Crippen LogP contribution in [0.25, 0.3) is 0 Å². The lowest BCUT2D eigenvalue weighted by Crippen LogP contribution is -2.52. The summed E-state index contributed by atoms with van der Waals surface area (Å²) in [7, 11) is 0. The first-order valence-corrected chi connectivity index (χ1v) is 9.07. The van der Waals surface area contributed by atoms with Gasteiger partial charge in [0.05, 0.1) is 13.2 Å². The highest BCUT2D eigenvalue weighted by Crippen LogP contribution is 2.16. The third-order valence-corrected chi connectivity index (χ3v) is 4.44. The molecular formula is C19H27N3O5. The van der Waals surface area contributed by atoms with Crippen molar-refractivity contribution < 1.29 is 23.9 Å². The summed E-state index contributed by atoms with van der Waals surface area (Å²) in [5, 5.41) is 2.57. The Morgan fingerprint density at radius 3 is 2.33 bits per heavy atom. The van der Waals surface area contributed by atoms with Crippen LogP contribution in [0.15, 0.2) is 18.2 Å². The molecule has 8 nitrogen and oxygen atoms in total. The summed E-state index contributed by atoms with van der Waals surface area (Å²) in [5.41, 5.74) is 2.24. The molecule has 27 heavy (non-hydrogen) atoms. The molecule has 0 bridgehead atoms. The van der Waals surface area contributed by atoms with Crippen molar-refractivity contribution in [2.24, 2.45) is 0 Å². The number of nitrogens with one attached hydrogen (secondary N) is 1. The number of amides is 3. The highest BCUT2D eigenvalue weighted by molar-refractivity contribution is 5.85. The zero-order valence-corrected chi connectivity index (χ0v) is 16.1. The predicted octanol–water partition coefficient (Wildman–Crippen LogP) is 1.10. The number of piperazine rings is 1. The van der Waals surface area contributed by atoms with Crippen LogP contribution in [-0.4, -0.2) is 73.6 Å². The number of ether oxygens (including phenoxy) is 2. The zero-order chi connectivity index (χ0) is 19.8. The van der Waals surface area contributed by atoms with Gasteiger partial charge in [-0.3, -0.25) is 9.59 Å². The standard InChI is InChI=1S/C19H27N3O5/c1-4-26-19(25)22-9-7-21(8-10-22)18(24)12-20-17(23)13-27-16-6-5-14(2)15(3)11-16/h5-6,11H,4,7-10,12-13H2,1-3H3,(H,20,23). The van der Waals surface area contributed by atoms with Crippen molar-refractivity contribution in [3.05, 3.63) is 29.3 Å². The van der Waals surface area contributed by atoms with Gasteiger partial charge in [0.15, 0.2) is 6.61 Å². The molecule has 2 rings (SSSR count). The smallest absolute Gasteiger partial charge is 0.409 e. The molecule has 0 saturated carbocycles. The molecule has 1 aliphatic rings. The minimum atomic E-state index is -0.360. The Kier molecular flexibility index (Phi) is 7.45. The van der Waals surface area contributed by atoms with Crippen molar-refractivity contribution in [2.45, 2.75) is 20.8 Å². The highest BCUT2D eigenvalue weighted by atomic mass is 16.6. The van der Waals surface area contributed by atoms with Crippen molar-refractivity contribution in [3.8, 4) is 5.75 Å². The van der Waals surface area contributed by atoms with Crippen molar-refractivity contribution in [1.82, 2.24) is 15.1 Å². The average Bonchev–Trinajstić information content (AvgIpc) is 2.67. The molecule has 0 unspecified atom stereocenters. The maximum Gasteiger partial charge on any atom is 0.409 e. The van der Waals surface area contributed by atoms with E-state index in [0.717, 1.165) is 11.1 Å². The Morgan fingerprint density at radius 2 is 1.70 bits per heavy atom. The number of benzene rings is 1. The van der Waals surface area contributed by atoms with Crippen molar-refractivity contribution in [3.63, 3.8) is 0 Å². The molecule has 0 radical (unpaired) electrons. The van der Waals surface area contributed by atoms with Gasteiger partial charge in [-0.1, -0.05) is 6.07 Å². The van der Waals surface area contributed by atoms with Gasteiger partial charge in [-0.25, -0.2) is 4.79 Å². The molecule has 0 atom stereocenters. The average molecular weight is 377 g/mol. The van der Waals surface area contributed by atoms with E-state index in [2.05, 4.69) is 5.32 Å². The molecule has 0 aliphatic carbocycles. The van der Waals surface area contributed by atoms with Crippen LogP contribution in [-0.2, 0) is 14.3 Å². The van der Waals surface area contributed by atoms with Gasteiger partial charge in [0, 0.05) is 26.2 Å². The lowest BCUT2D eigenvalue weighted by atomic mass is 10.1. The normalized spacial score (nSPS) is 13.9. The lowest BCUT2D eigenvalue weighted by molar-refractivity contribution is -0.134. The van der Waals surface area contributed by atoms with Crippen molar-refractivity contribution in [2.75, 3.05) is 45.9 Å². The van der Waals surface area contributed by atoms with Gasteiger partial charge in [-0.05, 0) is 44.0 Å². The minimum absolute atomic E-state index is 0.0888. The second-order valence-electron chi connectivity index (χ2n) is 6.38. The highest BCUT2D eigenvalue weighted by Gasteiger charge is 2.24. The molecule has 1 heterocycles. The van der Waals surface area contributed by atoms with E-state index >= 15 is 0 Å². The monoisotopic (exact) mass is 377 g/mol. The van der Waals surface area contributed by atoms with Crippen LogP contribution in [0.5, 0.6) is 5.75 Å². The summed E-state index contributed by atoms with van der Waals surface area (Å²) < 4.78 is 10.4. The Balaban J connectivity index is 1.68. The largest absolute Gasteiger partial charge is 0.484 e. The summed E-state index contributed by atoms with van der Waals surface area (Å²) in [6, 6.07) is 5.61. The molecule has 1 fully saturated rings.